The van der Waals surface area contributed by atoms with Crippen LogP contribution in [0.5, 0.6) is 0 Å². The maximum atomic E-state index is 5.45. The maximum absolute atomic E-state index is 5.45. The van der Waals surface area contributed by atoms with Crippen LogP contribution in [-0.2, 0) is 6.54 Å². The van der Waals surface area contributed by atoms with Crippen LogP contribution in [-0.4, -0.2) is 6.04 Å². The summed E-state index contributed by atoms with van der Waals surface area (Å²) in [4.78, 5) is 0. The molecule has 0 spiro atoms. The second-order valence-corrected chi connectivity index (χ2v) is 5.33. The molecule has 2 nitrogen and oxygen atoms in total. The van der Waals surface area contributed by atoms with Gasteiger partial charge in [-0.15, -0.1) is 0 Å². The van der Waals surface area contributed by atoms with Gasteiger partial charge >= 0.3 is 0 Å². The molecule has 15 heavy (non-hydrogen) atoms. The first-order valence-electron chi connectivity index (χ1n) is 5.71. The van der Waals surface area contributed by atoms with Gasteiger partial charge in [0.25, 0.3) is 0 Å². The van der Waals surface area contributed by atoms with Crippen molar-refractivity contribution in [2.24, 2.45) is 5.92 Å². The summed E-state index contributed by atoms with van der Waals surface area (Å²) >= 11 is 3.31. The highest BCUT2D eigenvalue weighted by Crippen LogP contribution is 2.23. The van der Waals surface area contributed by atoms with Gasteiger partial charge in [-0.25, -0.2) is 0 Å². The lowest BCUT2D eigenvalue weighted by Crippen LogP contribution is -2.32. The standard InChI is InChI=1S/C12H18BrNO/c1-9-2-4-10(5-3-9)14-8-11-6-7-12(13)15-11/h6-7,9-10,14H,2-5,8H2,1H3. The maximum Gasteiger partial charge on any atom is 0.169 e. The Labute approximate surface area is 99.6 Å². The van der Waals surface area contributed by atoms with E-state index in [2.05, 4.69) is 28.2 Å². The third-order valence-electron chi connectivity index (χ3n) is 3.21. The van der Waals surface area contributed by atoms with Gasteiger partial charge in [-0.1, -0.05) is 6.92 Å². The van der Waals surface area contributed by atoms with E-state index >= 15 is 0 Å². The molecule has 1 saturated carbocycles. The first-order valence-corrected chi connectivity index (χ1v) is 6.51. The number of halogens is 1. The number of nitrogens with one attached hydrogen (secondary N) is 1. The van der Waals surface area contributed by atoms with Gasteiger partial charge in [-0.3, -0.25) is 0 Å². The molecule has 0 amide bonds. The smallest absolute Gasteiger partial charge is 0.169 e. The molecule has 1 fully saturated rings. The van der Waals surface area contributed by atoms with Crippen molar-refractivity contribution in [3.63, 3.8) is 0 Å². The largest absolute Gasteiger partial charge is 0.453 e. The summed E-state index contributed by atoms with van der Waals surface area (Å²) in [5.74, 6) is 1.93. The summed E-state index contributed by atoms with van der Waals surface area (Å²) in [6.07, 6.45) is 5.34. The Morgan fingerprint density at radius 3 is 2.67 bits per heavy atom. The lowest BCUT2D eigenvalue weighted by atomic mass is 9.87. The molecule has 0 unspecified atom stereocenters. The molecule has 1 aromatic heterocycles. The van der Waals surface area contributed by atoms with Crippen LogP contribution in [0.2, 0.25) is 0 Å². The van der Waals surface area contributed by atoms with Crippen LogP contribution in [0.4, 0.5) is 0 Å². The summed E-state index contributed by atoms with van der Waals surface area (Å²) in [5, 5.41) is 3.56. The number of hydrogen-bond donors (Lipinski definition) is 1. The zero-order chi connectivity index (χ0) is 10.7. The van der Waals surface area contributed by atoms with Crippen LogP contribution < -0.4 is 5.32 Å². The van der Waals surface area contributed by atoms with Crippen molar-refractivity contribution in [1.82, 2.24) is 5.32 Å². The summed E-state index contributed by atoms with van der Waals surface area (Å²) in [6.45, 7) is 3.20. The average molecular weight is 272 g/mol. The molecule has 1 N–H and O–H groups in total. The minimum absolute atomic E-state index is 0.685. The molecule has 0 radical (unpaired) electrons. The van der Waals surface area contributed by atoms with E-state index in [1.807, 2.05) is 12.1 Å². The minimum atomic E-state index is 0.685. The quantitative estimate of drug-likeness (QED) is 0.907. The van der Waals surface area contributed by atoms with E-state index in [1.54, 1.807) is 0 Å². The van der Waals surface area contributed by atoms with Gasteiger partial charge in [0.15, 0.2) is 4.67 Å². The van der Waals surface area contributed by atoms with Crippen molar-refractivity contribution in [2.75, 3.05) is 0 Å². The topological polar surface area (TPSA) is 25.2 Å². The highest BCUT2D eigenvalue weighted by Gasteiger charge is 2.17. The first-order chi connectivity index (χ1) is 7.24. The Morgan fingerprint density at radius 2 is 2.07 bits per heavy atom. The van der Waals surface area contributed by atoms with E-state index in [1.165, 1.54) is 25.7 Å². The van der Waals surface area contributed by atoms with E-state index in [0.29, 0.717) is 6.04 Å². The minimum Gasteiger partial charge on any atom is -0.453 e. The zero-order valence-corrected chi connectivity index (χ0v) is 10.7. The summed E-state index contributed by atoms with van der Waals surface area (Å²) < 4.78 is 6.27. The molecule has 0 saturated heterocycles. The monoisotopic (exact) mass is 271 g/mol. The number of rotatable bonds is 3. The van der Waals surface area contributed by atoms with Crippen molar-refractivity contribution in [1.29, 1.82) is 0 Å². The van der Waals surface area contributed by atoms with Crippen molar-refractivity contribution in [3.05, 3.63) is 22.6 Å². The van der Waals surface area contributed by atoms with Gasteiger partial charge in [-0.05, 0) is 59.7 Å². The molecule has 1 heterocycles. The molecule has 0 atom stereocenters. The molecular weight excluding hydrogens is 254 g/mol. The van der Waals surface area contributed by atoms with Crippen LogP contribution in [0.25, 0.3) is 0 Å². The summed E-state index contributed by atoms with van der Waals surface area (Å²) in [7, 11) is 0. The molecule has 1 aliphatic rings. The Hall–Kier alpha value is -0.280. The van der Waals surface area contributed by atoms with Crippen LogP contribution in [0, 0.1) is 5.92 Å². The SMILES string of the molecule is CC1CCC(NCc2ccc(Br)o2)CC1. The molecule has 1 aromatic rings. The second kappa shape index (κ2) is 5.17. The normalized spacial score (nSPS) is 26.8. The van der Waals surface area contributed by atoms with Gasteiger partial charge in [0.05, 0.1) is 6.54 Å². The summed E-state index contributed by atoms with van der Waals surface area (Å²) in [5.41, 5.74) is 0. The van der Waals surface area contributed by atoms with Crippen molar-refractivity contribution < 1.29 is 4.42 Å². The van der Waals surface area contributed by atoms with Gasteiger partial charge < -0.3 is 9.73 Å². The second-order valence-electron chi connectivity index (χ2n) is 4.54. The average Bonchev–Trinajstić information content (AvgIpc) is 2.64. The molecule has 84 valence electrons. The Balaban J connectivity index is 1.74. The van der Waals surface area contributed by atoms with Crippen LogP contribution in [0.3, 0.4) is 0 Å². The number of furan rings is 1. The van der Waals surface area contributed by atoms with Crippen molar-refractivity contribution >= 4 is 15.9 Å². The fraction of sp³-hybridized carbons (Fsp3) is 0.667. The van der Waals surface area contributed by atoms with Crippen LogP contribution in [0.1, 0.15) is 38.4 Å². The van der Waals surface area contributed by atoms with Gasteiger partial charge in [0.1, 0.15) is 5.76 Å². The van der Waals surface area contributed by atoms with E-state index in [-0.39, 0.29) is 0 Å². The highest BCUT2D eigenvalue weighted by molar-refractivity contribution is 9.10. The molecule has 0 aliphatic heterocycles. The first kappa shape index (κ1) is 11.2. The zero-order valence-electron chi connectivity index (χ0n) is 9.13. The highest BCUT2D eigenvalue weighted by atomic mass is 79.9. The molecule has 0 aromatic carbocycles. The molecule has 0 bridgehead atoms. The Kier molecular flexibility index (Phi) is 3.87. The fourth-order valence-corrected chi connectivity index (χ4v) is 2.50. The van der Waals surface area contributed by atoms with E-state index in [4.69, 9.17) is 4.42 Å². The molecule has 1 aliphatic carbocycles. The van der Waals surface area contributed by atoms with Crippen LogP contribution >= 0.6 is 15.9 Å². The summed E-state index contributed by atoms with van der Waals surface area (Å²) in [6, 6.07) is 4.65. The molecular formula is C12H18BrNO. The van der Waals surface area contributed by atoms with E-state index in [0.717, 1.165) is 22.9 Å². The van der Waals surface area contributed by atoms with Gasteiger partial charge in [-0.2, -0.15) is 0 Å². The third-order valence-corrected chi connectivity index (χ3v) is 3.64. The van der Waals surface area contributed by atoms with Gasteiger partial charge in [0.2, 0.25) is 0 Å². The lowest BCUT2D eigenvalue weighted by Gasteiger charge is -2.26. The predicted molar refractivity (Wildman–Crippen MR) is 64.7 cm³/mol. The van der Waals surface area contributed by atoms with E-state index < -0.39 is 0 Å². The third kappa shape index (κ3) is 3.35. The predicted octanol–water partition coefficient (Wildman–Crippen LogP) is 3.71. The lowest BCUT2D eigenvalue weighted by molar-refractivity contribution is 0.299. The van der Waals surface area contributed by atoms with Crippen molar-refractivity contribution in [3.8, 4) is 0 Å². The Bertz CT molecular complexity index is 302. The van der Waals surface area contributed by atoms with Crippen LogP contribution in [0.15, 0.2) is 21.2 Å². The van der Waals surface area contributed by atoms with Crippen molar-refractivity contribution in [2.45, 2.75) is 45.2 Å². The number of hydrogen-bond acceptors (Lipinski definition) is 2. The fourth-order valence-electron chi connectivity index (χ4n) is 2.16. The van der Waals surface area contributed by atoms with E-state index in [9.17, 15) is 0 Å². The molecule has 3 heteroatoms. The van der Waals surface area contributed by atoms with Gasteiger partial charge in [0, 0.05) is 6.04 Å². The molecule has 2 rings (SSSR count). The Morgan fingerprint density at radius 1 is 1.33 bits per heavy atom.